The van der Waals surface area contributed by atoms with Crippen molar-refractivity contribution in [1.82, 2.24) is 0 Å². The Hall–Kier alpha value is -2.49. The van der Waals surface area contributed by atoms with Gasteiger partial charge in [-0.1, -0.05) is 6.07 Å². The third-order valence-electron chi connectivity index (χ3n) is 3.54. The first-order valence-corrected chi connectivity index (χ1v) is 6.48. The van der Waals surface area contributed by atoms with Gasteiger partial charge in [0, 0.05) is 24.8 Å². The van der Waals surface area contributed by atoms with E-state index in [1.807, 2.05) is 30.1 Å². The molecular weight excluding hydrogens is 254 g/mol. The van der Waals surface area contributed by atoms with Gasteiger partial charge in [-0.15, -0.1) is 0 Å². The van der Waals surface area contributed by atoms with Crippen LogP contribution in [0.1, 0.15) is 15.9 Å². The Kier molecular flexibility index (Phi) is 3.06. The summed E-state index contributed by atoms with van der Waals surface area (Å²) in [6, 6.07) is 13.0. The lowest BCUT2D eigenvalue weighted by molar-refractivity contribution is 0.0697. The second-order valence-electron chi connectivity index (χ2n) is 4.80. The minimum atomic E-state index is -0.914. The van der Waals surface area contributed by atoms with Gasteiger partial charge in [0.2, 0.25) is 0 Å². The quantitative estimate of drug-likeness (QED) is 0.930. The van der Waals surface area contributed by atoms with E-state index in [2.05, 4.69) is 6.07 Å². The SMILES string of the molecule is CN(c1cccc(C(=O)O)c1)c1ccc2c(c1)CCO2. The second kappa shape index (κ2) is 4.89. The first kappa shape index (κ1) is 12.5. The smallest absolute Gasteiger partial charge is 0.335 e. The monoisotopic (exact) mass is 269 g/mol. The van der Waals surface area contributed by atoms with Crippen LogP contribution in [0, 0.1) is 0 Å². The molecule has 2 aromatic carbocycles. The zero-order valence-corrected chi connectivity index (χ0v) is 11.2. The summed E-state index contributed by atoms with van der Waals surface area (Å²) in [4.78, 5) is 13.0. The average Bonchev–Trinajstić information content (AvgIpc) is 2.94. The Labute approximate surface area is 117 Å². The minimum absolute atomic E-state index is 0.291. The lowest BCUT2D eigenvalue weighted by Gasteiger charge is -2.20. The van der Waals surface area contributed by atoms with E-state index in [9.17, 15) is 4.79 Å². The number of carboxylic acid groups (broad SMARTS) is 1. The van der Waals surface area contributed by atoms with Gasteiger partial charge >= 0.3 is 5.97 Å². The molecule has 1 heterocycles. The third kappa shape index (κ3) is 2.20. The minimum Gasteiger partial charge on any atom is -0.493 e. The van der Waals surface area contributed by atoms with Gasteiger partial charge in [0.1, 0.15) is 5.75 Å². The number of hydrogen-bond donors (Lipinski definition) is 1. The number of ether oxygens (including phenoxy) is 1. The van der Waals surface area contributed by atoms with Gasteiger partial charge in [-0.05, 0) is 42.0 Å². The van der Waals surface area contributed by atoms with Crippen LogP contribution in [0.3, 0.4) is 0 Å². The Morgan fingerprint density at radius 3 is 2.80 bits per heavy atom. The van der Waals surface area contributed by atoms with E-state index in [0.29, 0.717) is 5.56 Å². The van der Waals surface area contributed by atoms with Gasteiger partial charge in [0.05, 0.1) is 12.2 Å². The van der Waals surface area contributed by atoms with Gasteiger partial charge in [0.15, 0.2) is 0 Å². The zero-order chi connectivity index (χ0) is 14.1. The van der Waals surface area contributed by atoms with Crippen molar-refractivity contribution in [3.63, 3.8) is 0 Å². The Morgan fingerprint density at radius 2 is 2.00 bits per heavy atom. The van der Waals surface area contributed by atoms with E-state index < -0.39 is 5.97 Å². The summed E-state index contributed by atoms with van der Waals surface area (Å²) in [5.41, 5.74) is 3.36. The summed E-state index contributed by atoms with van der Waals surface area (Å²) in [5.74, 6) is 0.0315. The average molecular weight is 269 g/mol. The standard InChI is InChI=1S/C16H15NO3/c1-17(13-4-2-3-12(10-13)16(18)19)14-5-6-15-11(9-14)7-8-20-15/h2-6,9-10H,7-8H2,1H3,(H,18,19). The number of nitrogens with zero attached hydrogens (tertiary/aromatic N) is 1. The molecule has 3 rings (SSSR count). The predicted molar refractivity (Wildman–Crippen MR) is 77.1 cm³/mol. The van der Waals surface area contributed by atoms with E-state index in [1.54, 1.807) is 18.2 Å². The highest BCUT2D eigenvalue weighted by Crippen LogP contribution is 2.32. The fraction of sp³-hybridized carbons (Fsp3) is 0.188. The summed E-state index contributed by atoms with van der Waals surface area (Å²) in [6.45, 7) is 0.733. The van der Waals surface area contributed by atoms with E-state index in [0.717, 1.165) is 30.2 Å². The molecule has 0 radical (unpaired) electrons. The maximum atomic E-state index is 11.0. The molecule has 2 aromatic rings. The van der Waals surface area contributed by atoms with Gasteiger partial charge in [-0.3, -0.25) is 0 Å². The highest BCUT2D eigenvalue weighted by atomic mass is 16.5. The van der Waals surface area contributed by atoms with E-state index in [4.69, 9.17) is 9.84 Å². The number of carboxylic acids is 1. The number of rotatable bonds is 3. The lowest BCUT2D eigenvalue weighted by Crippen LogP contribution is -2.10. The summed E-state index contributed by atoms with van der Waals surface area (Å²) < 4.78 is 5.49. The van der Waals surface area contributed by atoms with Crippen LogP contribution in [0.25, 0.3) is 0 Å². The molecule has 4 nitrogen and oxygen atoms in total. The summed E-state index contributed by atoms with van der Waals surface area (Å²) in [6.07, 6.45) is 0.923. The molecule has 0 spiro atoms. The molecule has 0 amide bonds. The van der Waals surface area contributed by atoms with Crippen molar-refractivity contribution in [1.29, 1.82) is 0 Å². The van der Waals surface area contributed by atoms with Gasteiger partial charge in [-0.2, -0.15) is 0 Å². The lowest BCUT2D eigenvalue weighted by atomic mass is 10.1. The number of aromatic carboxylic acids is 1. The normalized spacial score (nSPS) is 12.7. The summed E-state index contributed by atoms with van der Waals surface area (Å²) in [7, 11) is 1.93. The molecular formula is C16H15NO3. The fourth-order valence-electron chi connectivity index (χ4n) is 2.38. The Morgan fingerprint density at radius 1 is 1.20 bits per heavy atom. The molecule has 1 aliphatic rings. The molecule has 0 atom stereocenters. The molecule has 0 saturated heterocycles. The van der Waals surface area contributed by atoms with Crippen LogP contribution >= 0.6 is 0 Å². The molecule has 20 heavy (non-hydrogen) atoms. The Balaban J connectivity index is 1.94. The zero-order valence-electron chi connectivity index (χ0n) is 11.2. The van der Waals surface area contributed by atoms with Crippen molar-refractivity contribution in [2.75, 3.05) is 18.6 Å². The summed E-state index contributed by atoms with van der Waals surface area (Å²) in [5, 5.41) is 9.05. The van der Waals surface area contributed by atoms with Crippen molar-refractivity contribution in [2.24, 2.45) is 0 Å². The molecule has 1 aliphatic heterocycles. The molecule has 0 saturated carbocycles. The number of hydrogen-bond acceptors (Lipinski definition) is 3. The van der Waals surface area contributed by atoms with Crippen molar-refractivity contribution in [3.8, 4) is 5.75 Å². The number of benzene rings is 2. The topological polar surface area (TPSA) is 49.8 Å². The molecule has 0 fully saturated rings. The van der Waals surface area contributed by atoms with Crippen LogP contribution in [0.2, 0.25) is 0 Å². The molecule has 0 unspecified atom stereocenters. The van der Waals surface area contributed by atoms with Crippen LogP contribution in [0.15, 0.2) is 42.5 Å². The van der Waals surface area contributed by atoms with Crippen LogP contribution < -0.4 is 9.64 Å². The molecule has 1 N–H and O–H groups in total. The molecule has 0 bridgehead atoms. The predicted octanol–water partition coefficient (Wildman–Crippen LogP) is 3.09. The van der Waals surface area contributed by atoms with Crippen LogP contribution in [0.4, 0.5) is 11.4 Å². The van der Waals surface area contributed by atoms with Gasteiger partial charge in [0.25, 0.3) is 0 Å². The van der Waals surface area contributed by atoms with E-state index >= 15 is 0 Å². The maximum Gasteiger partial charge on any atom is 0.335 e. The second-order valence-corrected chi connectivity index (χ2v) is 4.80. The highest BCUT2D eigenvalue weighted by molar-refractivity contribution is 5.89. The van der Waals surface area contributed by atoms with Crippen molar-refractivity contribution in [2.45, 2.75) is 6.42 Å². The van der Waals surface area contributed by atoms with Gasteiger partial charge < -0.3 is 14.7 Å². The van der Waals surface area contributed by atoms with Crippen LogP contribution in [-0.4, -0.2) is 24.7 Å². The third-order valence-corrected chi connectivity index (χ3v) is 3.54. The Bertz CT molecular complexity index is 667. The first-order valence-electron chi connectivity index (χ1n) is 6.48. The van der Waals surface area contributed by atoms with Crippen LogP contribution in [-0.2, 0) is 6.42 Å². The number of carbonyl (C=O) groups is 1. The van der Waals surface area contributed by atoms with Crippen molar-refractivity contribution >= 4 is 17.3 Å². The van der Waals surface area contributed by atoms with Gasteiger partial charge in [-0.25, -0.2) is 4.79 Å². The maximum absolute atomic E-state index is 11.0. The number of fused-ring (bicyclic) bond motifs is 1. The molecule has 4 heteroatoms. The molecule has 0 aliphatic carbocycles. The number of anilines is 2. The van der Waals surface area contributed by atoms with Crippen molar-refractivity contribution < 1.29 is 14.6 Å². The molecule has 102 valence electrons. The molecule has 0 aromatic heterocycles. The van der Waals surface area contributed by atoms with E-state index in [1.165, 1.54) is 5.56 Å². The fourth-order valence-corrected chi connectivity index (χ4v) is 2.38. The van der Waals surface area contributed by atoms with Crippen molar-refractivity contribution in [3.05, 3.63) is 53.6 Å². The highest BCUT2D eigenvalue weighted by Gasteiger charge is 2.14. The van der Waals surface area contributed by atoms with E-state index in [-0.39, 0.29) is 0 Å². The largest absolute Gasteiger partial charge is 0.493 e. The summed E-state index contributed by atoms with van der Waals surface area (Å²) >= 11 is 0. The van der Waals surface area contributed by atoms with Crippen LogP contribution in [0.5, 0.6) is 5.75 Å². The first-order chi connectivity index (χ1) is 9.65.